The molecule has 1 aromatic heterocycles. The fraction of sp³-hybridized carbons (Fsp3) is 0.684. The van der Waals surface area contributed by atoms with Crippen molar-refractivity contribution in [1.29, 1.82) is 0 Å². The number of nitrogens with zero attached hydrogens (tertiary/aromatic N) is 2. The lowest BCUT2D eigenvalue weighted by atomic mass is 10.1. The molecular formula is C19H31N3O2. The van der Waals surface area contributed by atoms with Gasteiger partial charge in [0.25, 0.3) is 0 Å². The Bertz CT molecular complexity index is 516. The molecule has 1 aliphatic rings. The van der Waals surface area contributed by atoms with Crippen LogP contribution in [0.4, 0.5) is 11.5 Å². The molecule has 0 bridgehead atoms. The SMILES string of the molecule is CCCCCCCC(=O)Nc1c(C)cc(N2CCOCC2)nc1C. The lowest BCUT2D eigenvalue weighted by Crippen LogP contribution is -2.37. The molecule has 1 aromatic rings. The highest BCUT2D eigenvalue weighted by Crippen LogP contribution is 2.24. The number of ether oxygens (including phenoxy) is 1. The van der Waals surface area contributed by atoms with Crippen LogP contribution in [0.25, 0.3) is 0 Å². The Morgan fingerprint density at radius 1 is 1.21 bits per heavy atom. The fourth-order valence-electron chi connectivity index (χ4n) is 3.05. The first-order chi connectivity index (χ1) is 11.6. The van der Waals surface area contributed by atoms with E-state index in [0.29, 0.717) is 6.42 Å². The standard InChI is InChI=1S/C19H31N3O2/c1-4-5-6-7-8-9-18(23)21-19-15(2)14-17(20-16(19)3)22-10-12-24-13-11-22/h14H,4-13H2,1-3H3,(H,21,23). The number of anilines is 2. The van der Waals surface area contributed by atoms with Crippen molar-refractivity contribution in [1.82, 2.24) is 4.98 Å². The van der Waals surface area contributed by atoms with E-state index in [2.05, 4.69) is 28.2 Å². The predicted octanol–water partition coefficient (Wildman–Crippen LogP) is 3.83. The van der Waals surface area contributed by atoms with Crippen molar-refractivity contribution in [3.63, 3.8) is 0 Å². The van der Waals surface area contributed by atoms with Gasteiger partial charge in [0.1, 0.15) is 5.82 Å². The highest BCUT2D eigenvalue weighted by Gasteiger charge is 2.16. The van der Waals surface area contributed by atoms with E-state index in [-0.39, 0.29) is 5.91 Å². The van der Waals surface area contributed by atoms with E-state index < -0.39 is 0 Å². The van der Waals surface area contributed by atoms with Gasteiger partial charge in [0, 0.05) is 19.5 Å². The topological polar surface area (TPSA) is 54.5 Å². The van der Waals surface area contributed by atoms with Crippen LogP contribution >= 0.6 is 0 Å². The van der Waals surface area contributed by atoms with Crippen LogP contribution in [0, 0.1) is 13.8 Å². The number of aryl methyl sites for hydroxylation is 2. The fourth-order valence-corrected chi connectivity index (χ4v) is 3.05. The van der Waals surface area contributed by atoms with Crippen LogP contribution in [0.15, 0.2) is 6.07 Å². The number of aromatic nitrogens is 1. The summed E-state index contributed by atoms with van der Waals surface area (Å²) in [6, 6.07) is 2.06. The number of pyridine rings is 1. The molecule has 134 valence electrons. The number of rotatable bonds is 8. The average molecular weight is 333 g/mol. The second-order valence-electron chi connectivity index (χ2n) is 6.57. The first-order valence-electron chi connectivity index (χ1n) is 9.22. The van der Waals surface area contributed by atoms with Crippen molar-refractivity contribution in [2.45, 2.75) is 59.3 Å². The maximum Gasteiger partial charge on any atom is 0.224 e. The molecule has 0 atom stereocenters. The number of hydrogen-bond acceptors (Lipinski definition) is 4. The molecule has 2 rings (SSSR count). The largest absolute Gasteiger partial charge is 0.378 e. The summed E-state index contributed by atoms with van der Waals surface area (Å²) in [5, 5.41) is 3.05. The lowest BCUT2D eigenvalue weighted by molar-refractivity contribution is -0.116. The number of nitrogens with one attached hydrogen (secondary N) is 1. The highest BCUT2D eigenvalue weighted by molar-refractivity contribution is 5.92. The van der Waals surface area contributed by atoms with E-state index in [1.807, 2.05) is 13.8 Å². The molecule has 0 unspecified atom stereocenters. The van der Waals surface area contributed by atoms with Crippen molar-refractivity contribution < 1.29 is 9.53 Å². The molecule has 1 amide bonds. The summed E-state index contributed by atoms with van der Waals surface area (Å²) in [6.45, 7) is 9.44. The third kappa shape index (κ3) is 5.48. The minimum atomic E-state index is 0.0959. The first kappa shape index (κ1) is 18.7. The summed E-state index contributed by atoms with van der Waals surface area (Å²) < 4.78 is 5.39. The van der Waals surface area contributed by atoms with Gasteiger partial charge in [0.15, 0.2) is 0 Å². The van der Waals surface area contributed by atoms with E-state index >= 15 is 0 Å². The van der Waals surface area contributed by atoms with Crippen LogP contribution in [0.3, 0.4) is 0 Å². The van der Waals surface area contributed by atoms with E-state index in [1.54, 1.807) is 0 Å². The molecule has 0 saturated carbocycles. The van der Waals surface area contributed by atoms with Crippen LogP contribution in [-0.4, -0.2) is 37.2 Å². The van der Waals surface area contributed by atoms with Crippen molar-refractivity contribution >= 4 is 17.4 Å². The van der Waals surface area contributed by atoms with Crippen molar-refractivity contribution in [3.8, 4) is 0 Å². The van der Waals surface area contributed by atoms with Gasteiger partial charge in [0.05, 0.1) is 24.6 Å². The summed E-state index contributed by atoms with van der Waals surface area (Å²) >= 11 is 0. The maximum atomic E-state index is 12.2. The molecule has 0 radical (unpaired) electrons. The molecule has 0 aromatic carbocycles. The first-order valence-corrected chi connectivity index (χ1v) is 9.22. The second-order valence-corrected chi connectivity index (χ2v) is 6.57. The number of carbonyl (C=O) groups is 1. The summed E-state index contributed by atoms with van der Waals surface area (Å²) in [5.41, 5.74) is 2.82. The van der Waals surface area contributed by atoms with Gasteiger partial charge in [-0.2, -0.15) is 0 Å². The zero-order valence-electron chi connectivity index (χ0n) is 15.4. The third-order valence-corrected chi connectivity index (χ3v) is 4.49. The van der Waals surface area contributed by atoms with Crippen molar-refractivity contribution in [2.24, 2.45) is 0 Å². The Hall–Kier alpha value is -1.62. The van der Waals surface area contributed by atoms with Gasteiger partial charge >= 0.3 is 0 Å². The van der Waals surface area contributed by atoms with E-state index in [1.165, 1.54) is 19.3 Å². The average Bonchev–Trinajstić information content (AvgIpc) is 2.58. The molecule has 1 saturated heterocycles. The molecule has 2 heterocycles. The van der Waals surface area contributed by atoms with E-state index in [9.17, 15) is 4.79 Å². The van der Waals surface area contributed by atoms with Gasteiger partial charge in [-0.1, -0.05) is 32.6 Å². The summed E-state index contributed by atoms with van der Waals surface area (Å²) in [7, 11) is 0. The molecule has 5 heteroatoms. The Balaban J connectivity index is 1.91. The van der Waals surface area contributed by atoms with Crippen LogP contribution in [0.2, 0.25) is 0 Å². The smallest absolute Gasteiger partial charge is 0.224 e. The number of morpholine rings is 1. The summed E-state index contributed by atoms with van der Waals surface area (Å²) in [5.74, 6) is 1.07. The van der Waals surface area contributed by atoms with Gasteiger partial charge in [-0.3, -0.25) is 4.79 Å². The molecule has 1 aliphatic heterocycles. The molecule has 1 N–H and O–H groups in total. The monoisotopic (exact) mass is 333 g/mol. The molecule has 24 heavy (non-hydrogen) atoms. The van der Waals surface area contributed by atoms with Crippen molar-refractivity contribution in [2.75, 3.05) is 36.5 Å². The number of amides is 1. The highest BCUT2D eigenvalue weighted by atomic mass is 16.5. The lowest BCUT2D eigenvalue weighted by Gasteiger charge is -2.28. The zero-order valence-corrected chi connectivity index (χ0v) is 15.4. The quantitative estimate of drug-likeness (QED) is 0.735. The van der Waals surface area contributed by atoms with Crippen LogP contribution in [0.5, 0.6) is 0 Å². The van der Waals surface area contributed by atoms with E-state index in [0.717, 1.165) is 61.9 Å². The maximum absolute atomic E-state index is 12.2. The molecule has 0 spiro atoms. The number of hydrogen-bond donors (Lipinski definition) is 1. The normalized spacial score (nSPS) is 14.7. The van der Waals surface area contributed by atoms with Gasteiger partial charge in [-0.15, -0.1) is 0 Å². The Kier molecular flexibility index (Phi) is 7.50. The Morgan fingerprint density at radius 2 is 1.92 bits per heavy atom. The zero-order chi connectivity index (χ0) is 17.4. The Labute approximate surface area is 145 Å². The molecule has 1 fully saturated rings. The van der Waals surface area contributed by atoms with Crippen LogP contribution in [-0.2, 0) is 9.53 Å². The predicted molar refractivity (Wildman–Crippen MR) is 98.7 cm³/mol. The minimum Gasteiger partial charge on any atom is -0.378 e. The van der Waals surface area contributed by atoms with Gasteiger partial charge < -0.3 is 15.0 Å². The van der Waals surface area contributed by atoms with Gasteiger partial charge in [-0.25, -0.2) is 4.98 Å². The second kappa shape index (κ2) is 9.62. The van der Waals surface area contributed by atoms with E-state index in [4.69, 9.17) is 4.74 Å². The molecule has 5 nitrogen and oxygen atoms in total. The van der Waals surface area contributed by atoms with Gasteiger partial charge in [0.2, 0.25) is 5.91 Å². The van der Waals surface area contributed by atoms with Crippen molar-refractivity contribution in [3.05, 3.63) is 17.3 Å². The minimum absolute atomic E-state index is 0.0959. The summed E-state index contributed by atoms with van der Waals surface area (Å²) in [4.78, 5) is 19.1. The summed E-state index contributed by atoms with van der Waals surface area (Å²) in [6.07, 6.45) is 6.39. The number of carbonyl (C=O) groups excluding carboxylic acids is 1. The van der Waals surface area contributed by atoms with Gasteiger partial charge in [-0.05, 0) is 31.9 Å². The number of unbranched alkanes of at least 4 members (excludes halogenated alkanes) is 4. The van der Waals surface area contributed by atoms with Crippen LogP contribution < -0.4 is 10.2 Å². The molecular weight excluding hydrogens is 302 g/mol. The molecule has 0 aliphatic carbocycles. The van der Waals surface area contributed by atoms with Crippen LogP contribution in [0.1, 0.15) is 56.7 Å². The Morgan fingerprint density at radius 3 is 2.58 bits per heavy atom. The third-order valence-electron chi connectivity index (χ3n) is 4.49.